The number of nitrogens with zero attached hydrogens (tertiary/aromatic N) is 3. The van der Waals surface area contributed by atoms with E-state index in [1.807, 2.05) is 0 Å². The highest BCUT2D eigenvalue weighted by Gasteiger charge is 2.36. The Labute approximate surface area is 114 Å². The molecule has 1 heterocycles. The lowest BCUT2D eigenvalue weighted by Gasteiger charge is -2.24. The lowest BCUT2D eigenvalue weighted by molar-refractivity contribution is -0.141. The van der Waals surface area contributed by atoms with E-state index < -0.39 is 49.5 Å². The van der Waals surface area contributed by atoms with Crippen LogP contribution in [0.15, 0.2) is 6.07 Å². The molecule has 0 aromatic carbocycles. The first-order valence-electron chi connectivity index (χ1n) is 5.42. The quantitative estimate of drug-likeness (QED) is 0.429. The number of nitrogens with one attached hydrogen (secondary N) is 1. The maximum atomic E-state index is 12.6. The Balaban J connectivity index is 3.23. The maximum absolute atomic E-state index is 12.6. The van der Waals surface area contributed by atoms with Gasteiger partial charge >= 0.3 is 12.4 Å². The summed E-state index contributed by atoms with van der Waals surface area (Å²) in [5.74, 6) is 3.55. The highest BCUT2D eigenvalue weighted by molar-refractivity contribution is 5.45. The van der Waals surface area contributed by atoms with Crippen molar-refractivity contribution in [3.63, 3.8) is 0 Å². The molecule has 0 fully saturated rings. The van der Waals surface area contributed by atoms with Crippen molar-refractivity contribution >= 4 is 11.8 Å². The molecule has 120 valence electrons. The van der Waals surface area contributed by atoms with Gasteiger partial charge in [-0.25, -0.2) is 10.8 Å². The molecule has 12 heteroatoms. The van der Waals surface area contributed by atoms with Gasteiger partial charge in [0.05, 0.1) is 6.61 Å². The Morgan fingerprint density at radius 3 is 2.24 bits per heavy atom. The molecule has 0 amide bonds. The summed E-state index contributed by atoms with van der Waals surface area (Å²) in [5.41, 5.74) is 0.294. The second-order valence-electron chi connectivity index (χ2n) is 3.84. The van der Waals surface area contributed by atoms with Gasteiger partial charge in [-0.05, 0) is 0 Å². The number of hydrogen-bond acceptors (Lipinski definition) is 6. The standard InChI is InChI=1S/C9H11F6N5O/c10-8(11,12)4-20(1-2-21)6-3-5(9(13,14)15)17-7(18-6)19-16/h3,21H,1-2,4,16H2,(H,17,18,19). The average Bonchev–Trinajstić information content (AvgIpc) is 2.35. The summed E-state index contributed by atoms with van der Waals surface area (Å²) in [4.78, 5) is 6.90. The van der Waals surface area contributed by atoms with Crippen molar-refractivity contribution in [2.45, 2.75) is 12.4 Å². The number of aliphatic hydroxyl groups excluding tert-OH is 1. The van der Waals surface area contributed by atoms with Crippen LogP contribution in [0.5, 0.6) is 0 Å². The van der Waals surface area contributed by atoms with Crippen LogP contribution in [0, 0.1) is 0 Å². The molecule has 0 atom stereocenters. The molecule has 1 aromatic rings. The van der Waals surface area contributed by atoms with Crippen LogP contribution < -0.4 is 16.2 Å². The van der Waals surface area contributed by atoms with E-state index in [9.17, 15) is 26.3 Å². The minimum absolute atomic E-state index is 0.349. The average molecular weight is 319 g/mol. The third-order valence-electron chi connectivity index (χ3n) is 2.20. The van der Waals surface area contributed by atoms with Gasteiger partial charge in [0.2, 0.25) is 5.95 Å². The van der Waals surface area contributed by atoms with Crippen LogP contribution in [-0.2, 0) is 6.18 Å². The number of anilines is 2. The summed E-state index contributed by atoms with van der Waals surface area (Å²) in [5, 5.41) is 8.74. The van der Waals surface area contributed by atoms with E-state index in [2.05, 4.69) is 9.97 Å². The van der Waals surface area contributed by atoms with E-state index >= 15 is 0 Å². The minimum atomic E-state index is -4.88. The number of nitrogens with two attached hydrogens (primary N) is 1. The van der Waals surface area contributed by atoms with Gasteiger partial charge in [0.15, 0.2) is 5.69 Å². The van der Waals surface area contributed by atoms with Gasteiger partial charge in [-0.3, -0.25) is 5.43 Å². The molecule has 0 saturated heterocycles. The lowest BCUT2D eigenvalue weighted by atomic mass is 10.3. The number of halogens is 6. The molecule has 4 N–H and O–H groups in total. The van der Waals surface area contributed by atoms with E-state index in [0.717, 1.165) is 0 Å². The van der Waals surface area contributed by atoms with Crippen molar-refractivity contribution in [1.82, 2.24) is 9.97 Å². The molecule has 0 radical (unpaired) electrons. The molecule has 0 aliphatic carbocycles. The van der Waals surface area contributed by atoms with Crippen molar-refractivity contribution < 1.29 is 31.4 Å². The summed E-state index contributed by atoms with van der Waals surface area (Å²) >= 11 is 0. The van der Waals surface area contributed by atoms with E-state index in [1.54, 1.807) is 5.43 Å². The fourth-order valence-electron chi connectivity index (χ4n) is 1.42. The Morgan fingerprint density at radius 2 is 1.81 bits per heavy atom. The zero-order valence-corrected chi connectivity index (χ0v) is 10.3. The highest BCUT2D eigenvalue weighted by atomic mass is 19.4. The van der Waals surface area contributed by atoms with Crippen LogP contribution in [0.1, 0.15) is 5.69 Å². The lowest BCUT2D eigenvalue weighted by Crippen LogP contribution is -2.37. The van der Waals surface area contributed by atoms with Crippen LogP contribution >= 0.6 is 0 Å². The number of nitrogen functional groups attached to an aromatic ring is 1. The predicted octanol–water partition coefficient (Wildman–Crippen LogP) is 1.14. The van der Waals surface area contributed by atoms with Crippen LogP contribution in [0.4, 0.5) is 38.1 Å². The fourth-order valence-corrected chi connectivity index (χ4v) is 1.42. The Bertz CT molecular complexity index is 477. The van der Waals surface area contributed by atoms with Gasteiger partial charge in [0.1, 0.15) is 12.4 Å². The molecule has 6 nitrogen and oxygen atoms in total. The Kier molecular flexibility index (Phi) is 5.17. The van der Waals surface area contributed by atoms with Crippen LogP contribution in [0.2, 0.25) is 0 Å². The monoisotopic (exact) mass is 319 g/mol. The van der Waals surface area contributed by atoms with Crippen molar-refractivity contribution in [3.8, 4) is 0 Å². The predicted molar refractivity (Wildman–Crippen MR) is 60.2 cm³/mol. The van der Waals surface area contributed by atoms with Gasteiger partial charge in [-0.1, -0.05) is 0 Å². The third kappa shape index (κ3) is 5.23. The fraction of sp³-hybridized carbons (Fsp3) is 0.556. The molecule has 0 bridgehead atoms. The molecular formula is C9H11F6N5O. The molecule has 0 saturated carbocycles. The van der Waals surface area contributed by atoms with E-state index in [1.165, 1.54) is 0 Å². The summed E-state index contributed by atoms with van der Waals surface area (Å²) in [6.45, 7) is -2.84. The van der Waals surface area contributed by atoms with Gasteiger partial charge in [-0.15, -0.1) is 0 Å². The largest absolute Gasteiger partial charge is 0.433 e. The van der Waals surface area contributed by atoms with Gasteiger partial charge in [0.25, 0.3) is 0 Å². The zero-order chi connectivity index (χ0) is 16.3. The van der Waals surface area contributed by atoms with Crippen molar-refractivity contribution in [2.24, 2.45) is 5.84 Å². The number of rotatable bonds is 5. The van der Waals surface area contributed by atoms with Crippen LogP contribution in [-0.4, -0.2) is 40.9 Å². The molecule has 0 aliphatic heterocycles. The first-order chi connectivity index (χ1) is 9.56. The van der Waals surface area contributed by atoms with Crippen LogP contribution in [0.3, 0.4) is 0 Å². The van der Waals surface area contributed by atoms with Gasteiger partial charge < -0.3 is 10.0 Å². The number of alkyl halides is 6. The van der Waals surface area contributed by atoms with Crippen LogP contribution in [0.25, 0.3) is 0 Å². The maximum Gasteiger partial charge on any atom is 0.433 e. The first-order valence-corrected chi connectivity index (χ1v) is 5.42. The molecule has 1 aromatic heterocycles. The summed E-state index contributed by atoms with van der Waals surface area (Å²) < 4.78 is 75.1. The topological polar surface area (TPSA) is 87.3 Å². The summed E-state index contributed by atoms with van der Waals surface area (Å²) in [6, 6.07) is 0.349. The third-order valence-corrected chi connectivity index (χ3v) is 2.20. The van der Waals surface area contributed by atoms with Crippen molar-refractivity contribution in [2.75, 3.05) is 30.0 Å². The summed E-state index contributed by atoms with van der Waals surface area (Å²) in [6.07, 6.45) is -9.57. The first kappa shape index (κ1) is 17.2. The second-order valence-corrected chi connectivity index (χ2v) is 3.84. The van der Waals surface area contributed by atoms with Gasteiger partial charge in [-0.2, -0.15) is 31.3 Å². The Morgan fingerprint density at radius 1 is 1.19 bits per heavy atom. The molecule has 0 aliphatic rings. The van der Waals surface area contributed by atoms with E-state index in [0.29, 0.717) is 11.0 Å². The SMILES string of the molecule is NNc1nc(N(CCO)CC(F)(F)F)cc(C(F)(F)F)n1. The number of aliphatic hydroxyl groups is 1. The number of hydrogen-bond donors (Lipinski definition) is 3. The number of aromatic nitrogens is 2. The van der Waals surface area contributed by atoms with Gasteiger partial charge in [0, 0.05) is 12.6 Å². The minimum Gasteiger partial charge on any atom is -0.395 e. The summed E-state index contributed by atoms with van der Waals surface area (Å²) in [7, 11) is 0. The molecule has 1 rings (SSSR count). The number of hydrazine groups is 1. The van der Waals surface area contributed by atoms with E-state index in [4.69, 9.17) is 10.9 Å². The molecule has 0 spiro atoms. The normalized spacial score (nSPS) is 12.4. The molecule has 21 heavy (non-hydrogen) atoms. The smallest absolute Gasteiger partial charge is 0.395 e. The van der Waals surface area contributed by atoms with Crippen molar-refractivity contribution in [1.29, 1.82) is 0 Å². The molecular weight excluding hydrogens is 308 g/mol. The molecule has 0 unspecified atom stereocenters. The highest BCUT2D eigenvalue weighted by Crippen LogP contribution is 2.31. The Hall–Kier alpha value is -1.82. The van der Waals surface area contributed by atoms with Crippen molar-refractivity contribution in [3.05, 3.63) is 11.8 Å². The van der Waals surface area contributed by atoms with E-state index in [-0.39, 0.29) is 0 Å². The second kappa shape index (κ2) is 6.30. The zero-order valence-electron chi connectivity index (χ0n) is 10.3.